The molecule has 0 bridgehead atoms. The Balaban J connectivity index is 1.03. The van der Waals surface area contributed by atoms with Gasteiger partial charge in [0.25, 0.3) is 11.8 Å². The van der Waals surface area contributed by atoms with Gasteiger partial charge in [-0.1, -0.05) is 76.2 Å². The van der Waals surface area contributed by atoms with Crippen molar-refractivity contribution in [1.82, 2.24) is 19.6 Å². The molecule has 4 aliphatic heterocycles. The maximum atomic E-state index is 15.3. The van der Waals surface area contributed by atoms with Crippen molar-refractivity contribution in [3.8, 4) is 11.5 Å². The third-order valence-electron chi connectivity index (χ3n) is 15.8. The van der Waals surface area contributed by atoms with E-state index in [0.717, 1.165) is 38.8 Å². The fourth-order valence-electron chi connectivity index (χ4n) is 10.8. The molecule has 0 saturated carbocycles. The zero-order chi connectivity index (χ0) is 59.5. The lowest BCUT2D eigenvalue weighted by Crippen LogP contribution is -2.50. The van der Waals surface area contributed by atoms with Crippen LogP contribution in [0.1, 0.15) is 114 Å². The summed E-state index contributed by atoms with van der Waals surface area (Å²) in [6.07, 6.45) is -2.98. The van der Waals surface area contributed by atoms with E-state index in [2.05, 4.69) is 9.80 Å². The van der Waals surface area contributed by atoms with Gasteiger partial charge in [-0.25, -0.2) is 18.4 Å². The van der Waals surface area contributed by atoms with Crippen LogP contribution in [0.15, 0.2) is 97.1 Å². The molecule has 6 atom stereocenters. The molecule has 458 valence electrons. The van der Waals surface area contributed by atoms with Crippen LogP contribution in [0.25, 0.3) is 0 Å². The predicted octanol–water partition coefficient (Wildman–Crippen LogP) is 7.92. The number of nitrogens with zero attached hydrogens (tertiary/aromatic N) is 4. The van der Waals surface area contributed by atoms with Crippen molar-refractivity contribution in [3.63, 3.8) is 0 Å². The molecule has 0 aromatic heterocycles. The van der Waals surface area contributed by atoms with E-state index in [1.54, 1.807) is 82.6 Å². The van der Waals surface area contributed by atoms with Crippen LogP contribution in [-0.4, -0.2) is 169 Å². The number of halogens is 2. The molecular formula is C64H84F2N4O14. The Hall–Kier alpha value is -6.10. The number of rotatable bonds is 27. The van der Waals surface area contributed by atoms with Crippen molar-refractivity contribution in [2.75, 3.05) is 79.3 Å². The van der Waals surface area contributed by atoms with Crippen LogP contribution in [0.4, 0.5) is 8.78 Å². The molecule has 18 nitrogen and oxygen atoms in total. The van der Waals surface area contributed by atoms with Gasteiger partial charge in [-0.05, 0) is 123 Å². The Kier molecular flexibility index (Phi) is 24.2. The quantitative estimate of drug-likeness (QED) is 0.0546. The topological polar surface area (TPSA) is 196 Å². The summed E-state index contributed by atoms with van der Waals surface area (Å²) in [6, 6.07) is 23.6. The van der Waals surface area contributed by atoms with Gasteiger partial charge in [0.2, 0.25) is 12.2 Å². The van der Waals surface area contributed by atoms with Crippen molar-refractivity contribution in [1.29, 1.82) is 0 Å². The molecule has 4 unspecified atom stereocenters. The van der Waals surface area contributed by atoms with Crippen LogP contribution in [0.5, 0.6) is 11.5 Å². The summed E-state index contributed by atoms with van der Waals surface area (Å²) in [5.74, 6) is -3.87. The zero-order valence-corrected chi connectivity index (χ0v) is 48.9. The predicted molar refractivity (Wildman–Crippen MR) is 306 cm³/mol. The first-order valence-electron chi connectivity index (χ1n) is 29.7. The van der Waals surface area contributed by atoms with Crippen molar-refractivity contribution in [2.24, 2.45) is 11.8 Å². The average Bonchev–Trinajstić information content (AvgIpc) is 3.53. The highest BCUT2D eigenvalue weighted by Gasteiger charge is 2.42. The first-order valence-corrected chi connectivity index (χ1v) is 29.7. The first kappa shape index (κ1) is 63.9. The lowest BCUT2D eigenvalue weighted by Gasteiger charge is -2.40. The number of carbonyl (C=O) groups excluding carboxylic acids is 4. The van der Waals surface area contributed by atoms with Crippen molar-refractivity contribution < 1.29 is 76.1 Å². The third kappa shape index (κ3) is 18.9. The number of aliphatic hydroxyl groups excluding tert-OH is 2. The highest BCUT2D eigenvalue weighted by atomic mass is 19.1. The van der Waals surface area contributed by atoms with E-state index in [1.807, 2.05) is 27.7 Å². The molecule has 8 rings (SSSR count). The van der Waals surface area contributed by atoms with E-state index in [9.17, 15) is 28.6 Å². The summed E-state index contributed by atoms with van der Waals surface area (Å²) < 4.78 is 74.5. The van der Waals surface area contributed by atoms with Gasteiger partial charge in [-0.2, -0.15) is 0 Å². The van der Waals surface area contributed by atoms with Gasteiger partial charge in [0, 0.05) is 75.6 Å². The number of esters is 2. The van der Waals surface area contributed by atoms with Gasteiger partial charge < -0.3 is 67.7 Å². The van der Waals surface area contributed by atoms with Crippen LogP contribution in [0.2, 0.25) is 0 Å². The summed E-state index contributed by atoms with van der Waals surface area (Å²) in [7, 11) is 0. The fraction of sp³-hybridized carbons (Fsp3) is 0.562. The number of benzene rings is 4. The lowest BCUT2D eigenvalue weighted by atomic mass is 9.99. The largest absolute Gasteiger partial charge is 0.493 e. The standard InChI is InChI=1S/C64H84F2N4O14/c1-43(2)39-79-53-17-9-47(10-18-53)59(61(73)69(37-45-5-13-49(65)14-6-45)51-21-29-67(30-22-51)33-25-55-27-35-77-41-81-55)83-63(75)57(71)58(72)64(76)84-60(48-11-19-54(20-12-48)80-40-44(3)4)62(74)70(38-46-7-15-50(66)16-8-46)52-23-31-68(32-24-52)34-26-56-28-36-78-42-82-56/h5-20,43-44,51-52,55-60,71-72H,21-42H2,1-4H3/t55-,56-,57?,58?,59?,60?/m1/s1. The highest BCUT2D eigenvalue weighted by molar-refractivity contribution is 5.91. The second-order valence-electron chi connectivity index (χ2n) is 23.2. The lowest BCUT2D eigenvalue weighted by molar-refractivity contribution is -0.184. The molecule has 4 fully saturated rings. The molecule has 4 aliphatic rings. The number of hydrogen-bond donors (Lipinski definition) is 2. The summed E-state index contributed by atoms with van der Waals surface area (Å²) in [5, 5.41) is 23.4. The maximum absolute atomic E-state index is 15.3. The van der Waals surface area contributed by atoms with E-state index in [4.69, 9.17) is 37.9 Å². The number of ether oxygens (including phenoxy) is 8. The Morgan fingerprint density at radius 2 is 0.893 bits per heavy atom. The molecule has 4 heterocycles. The van der Waals surface area contributed by atoms with Gasteiger partial charge in [-0.15, -0.1) is 0 Å². The molecule has 0 spiro atoms. The van der Waals surface area contributed by atoms with E-state index >= 15 is 9.59 Å². The Morgan fingerprint density at radius 3 is 1.21 bits per heavy atom. The maximum Gasteiger partial charge on any atom is 0.339 e. The molecular weight excluding hydrogens is 1090 g/mol. The highest BCUT2D eigenvalue weighted by Crippen LogP contribution is 2.32. The van der Waals surface area contributed by atoms with Gasteiger partial charge in [0.1, 0.15) is 36.7 Å². The van der Waals surface area contributed by atoms with Crippen molar-refractivity contribution in [2.45, 2.75) is 141 Å². The van der Waals surface area contributed by atoms with Crippen LogP contribution in [0, 0.1) is 23.5 Å². The fourth-order valence-corrected chi connectivity index (χ4v) is 10.8. The van der Waals surface area contributed by atoms with Crippen molar-refractivity contribution in [3.05, 3.63) is 131 Å². The SMILES string of the molecule is CC(C)COc1ccc(C(OC(=O)C(O)C(O)C(=O)OC(C(=O)N(Cc2ccc(F)cc2)C2CCN(CC[C@@H]3CCOCO3)CC2)c2ccc(OCC(C)C)cc2)C(=O)N(Cc2ccc(F)cc2)C2CCN(CC[C@@H]3CCOCO3)CC2)cc1. The van der Waals surface area contributed by atoms with Gasteiger partial charge >= 0.3 is 11.9 Å². The van der Waals surface area contributed by atoms with Gasteiger partial charge in [0.15, 0.2) is 12.2 Å². The van der Waals surface area contributed by atoms with Crippen molar-refractivity contribution >= 4 is 23.8 Å². The van der Waals surface area contributed by atoms with Crippen LogP contribution in [0.3, 0.4) is 0 Å². The van der Waals surface area contributed by atoms with E-state index < -0.39 is 59.8 Å². The molecule has 2 amide bonds. The summed E-state index contributed by atoms with van der Waals surface area (Å²) in [5.41, 5.74) is 1.65. The van der Waals surface area contributed by atoms with E-state index in [-0.39, 0.29) is 73.9 Å². The zero-order valence-electron chi connectivity index (χ0n) is 48.9. The number of carbonyl (C=O) groups is 4. The minimum absolute atomic E-state index is 0.0183. The molecule has 4 aromatic rings. The third-order valence-corrected chi connectivity index (χ3v) is 15.8. The molecule has 84 heavy (non-hydrogen) atoms. The number of piperidine rings is 2. The normalized spacial score (nSPS) is 19.9. The number of likely N-dealkylation sites (tertiary alicyclic amines) is 2. The monoisotopic (exact) mass is 1170 g/mol. The minimum atomic E-state index is -2.61. The average molecular weight is 1170 g/mol. The minimum Gasteiger partial charge on any atom is -0.493 e. The van der Waals surface area contributed by atoms with Gasteiger partial charge in [-0.3, -0.25) is 9.59 Å². The Labute approximate surface area is 492 Å². The number of hydrogen-bond acceptors (Lipinski definition) is 16. The smallest absolute Gasteiger partial charge is 0.339 e. The summed E-state index contributed by atoms with van der Waals surface area (Å²) in [6.45, 7) is 14.9. The summed E-state index contributed by atoms with van der Waals surface area (Å²) >= 11 is 0. The number of aliphatic hydroxyl groups is 2. The van der Waals surface area contributed by atoms with E-state index in [1.165, 1.54) is 24.3 Å². The molecule has 20 heteroatoms. The Morgan fingerprint density at radius 1 is 0.536 bits per heavy atom. The van der Waals surface area contributed by atoms with Gasteiger partial charge in [0.05, 0.1) is 38.6 Å². The first-order chi connectivity index (χ1) is 40.6. The summed E-state index contributed by atoms with van der Waals surface area (Å²) in [4.78, 5) is 67.2. The number of amides is 2. The van der Waals surface area contributed by atoms with E-state index in [0.29, 0.717) is 101 Å². The second kappa shape index (κ2) is 31.9. The Bertz CT molecular complexity index is 2480. The molecule has 4 aromatic carbocycles. The van der Waals surface area contributed by atoms with Crippen LogP contribution in [-0.2, 0) is 60.7 Å². The molecule has 2 N–H and O–H groups in total. The van der Waals surface area contributed by atoms with Crippen LogP contribution < -0.4 is 9.47 Å². The molecule has 0 radical (unpaired) electrons. The molecule has 4 saturated heterocycles. The second-order valence-corrected chi connectivity index (χ2v) is 23.2. The molecule has 0 aliphatic carbocycles. The van der Waals surface area contributed by atoms with Crippen LogP contribution >= 0.6 is 0 Å².